The summed E-state index contributed by atoms with van der Waals surface area (Å²) in [4.78, 5) is 1.45. The number of nitrogens with two attached hydrogens (primary N) is 1. The molecule has 0 aliphatic heterocycles. The van der Waals surface area contributed by atoms with E-state index in [2.05, 4.69) is 15.4 Å². The van der Waals surface area contributed by atoms with Crippen LogP contribution in [0.1, 0.15) is 5.82 Å². The van der Waals surface area contributed by atoms with Gasteiger partial charge >= 0.3 is 0 Å². The summed E-state index contributed by atoms with van der Waals surface area (Å²) >= 11 is 0. The molecule has 5 heteroatoms. The zero-order chi connectivity index (χ0) is 9.26. The van der Waals surface area contributed by atoms with Crippen LogP contribution < -0.4 is 5.73 Å². The number of benzene rings is 1. The van der Waals surface area contributed by atoms with Gasteiger partial charge in [-0.15, -0.1) is 15.0 Å². The maximum Gasteiger partial charge on any atom is 0.172 e. The largest absolute Gasteiger partial charge is 0.399 e. The predicted octanol–water partition coefficient (Wildman–Crippen LogP) is 0.553. The molecule has 2 rings (SSSR count). The van der Waals surface area contributed by atoms with E-state index in [1.807, 2.05) is 18.2 Å². The Kier molecular flexibility index (Phi) is 1.70. The molecule has 0 aliphatic rings. The quantitative estimate of drug-likeness (QED) is 0.642. The van der Waals surface area contributed by atoms with E-state index in [-0.39, 0.29) is 0 Å². The Balaban J connectivity index is 2.46. The predicted molar refractivity (Wildman–Crippen MR) is 48.3 cm³/mol. The Morgan fingerprint density at radius 3 is 2.85 bits per heavy atom. The van der Waals surface area contributed by atoms with Crippen LogP contribution in [-0.2, 0) is 0 Å². The van der Waals surface area contributed by atoms with E-state index in [1.54, 1.807) is 13.0 Å². The maximum absolute atomic E-state index is 5.61. The number of anilines is 1. The van der Waals surface area contributed by atoms with Gasteiger partial charge in [-0.25, -0.2) is 0 Å². The van der Waals surface area contributed by atoms with Crippen LogP contribution in [0.2, 0.25) is 0 Å². The van der Waals surface area contributed by atoms with E-state index >= 15 is 0 Å². The second-order valence-electron chi connectivity index (χ2n) is 2.72. The second-order valence-corrected chi connectivity index (χ2v) is 2.72. The van der Waals surface area contributed by atoms with E-state index in [9.17, 15) is 0 Å². The highest BCUT2D eigenvalue weighted by molar-refractivity contribution is 5.46. The van der Waals surface area contributed by atoms with Crippen LogP contribution in [-0.4, -0.2) is 20.2 Å². The molecular formula is C8H9N5. The Bertz CT molecular complexity index is 420. The standard InChI is InChI=1S/C8H9N5/c1-6-10-12-13(11-6)8-4-2-3-7(9)5-8/h2-5H,9H2,1H3. The van der Waals surface area contributed by atoms with Crippen molar-refractivity contribution in [2.75, 3.05) is 5.73 Å². The van der Waals surface area contributed by atoms with Crippen molar-refractivity contribution in [3.8, 4) is 5.69 Å². The lowest BCUT2D eigenvalue weighted by Gasteiger charge is -1.98. The minimum absolute atomic E-state index is 0.641. The van der Waals surface area contributed by atoms with E-state index in [1.165, 1.54) is 4.80 Å². The van der Waals surface area contributed by atoms with E-state index in [4.69, 9.17) is 5.73 Å². The maximum atomic E-state index is 5.61. The highest BCUT2D eigenvalue weighted by Gasteiger charge is 1.99. The average molecular weight is 175 g/mol. The molecular weight excluding hydrogens is 166 g/mol. The van der Waals surface area contributed by atoms with Crippen molar-refractivity contribution in [3.05, 3.63) is 30.1 Å². The fraction of sp³-hybridized carbons (Fsp3) is 0.125. The minimum Gasteiger partial charge on any atom is -0.399 e. The van der Waals surface area contributed by atoms with Crippen molar-refractivity contribution < 1.29 is 0 Å². The number of aryl methyl sites for hydroxylation is 1. The van der Waals surface area contributed by atoms with E-state index in [0.717, 1.165) is 5.69 Å². The zero-order valence-corrected chi connectivity index (χ0v) is 7.18. The minimum atomic E-state index is 0.641. The molecule has 5 nitrogen and oxygen atoms in total. The molecule has 0 unspecified atom stereocenters. The molecule has 0 aliphatic carbocycles. The normalized spacial score (nSPS) is 10.2. The third-order valence-electron chi connectivity index (χ3n) is 1.61. The van der Waals surface area contributed by atoms with Crippen molar-refractivity contribution in [1.29, 1.82) is 0 Å². The molecule has 0 radical (unpaired) electrons. The monoisotopic (exact) mass is 175 g/mol. The van der Waals surface area contributed by atoms with E-state index < -0.39 is 0 Å². The van der Waals surface area contributed by atoms with Gasteiger partial charge < -0.3 is 5.73 Å². The molecule has 1 aromatic heterocycles. The molecule has 0 fully saturated rings. The van der Waals surface area contributed by atoms with Crippen molar-refractivity contribution >= 4 is 5.69 Å². The summed E-state index contributed by atoms with van der Waals surface area (Å²) in [5.41, 5.74) is 7.12. The Hall–Kier alpha value is -1.91. The molecule has 0 amide bonds. The van der Waals surface area contributed by atoms with Gasteiger partial charge in [0.25, 0.3) is 0 Å². The average Bonchev–Trinajstić information content (AvgIpc) is 2.52. The first kappa shape index (κ1) is 7.72. The van der Waals surface area contributed by atoms with Gasteiger partial charge in [0.2, 0.25) is 0 Å². The lowest BCUT2D eigenvalue weighted by atomic mass is 10.3. The van der Waals surface area contributed by atoms with Gasteiger partial charge in [-0.3, -0.25) is 0 Å². The van der Waals surface area contributed by atoms with Crippen LogP contribution in [0.4, 0.5) is 5.69 Å². The topological polar surface area (TPSA) is 69.6 Å². The number of nitrogens with zero attached hydrogens (tertiary/aromatic N) is 4. The first-order valence-corrected chi connectivity index (χ1v) is 3.88. The number of rotatable bonds is 1. The van der Waals surface area contributed by atoms with Crippen LogP contribution in [0.3, 0.4) is 0 Å². The molecule has 0 saturated carbocycles. The van der Waals surface area contributed by atoms with Gasteiger partial charge in [0, 0.05) is 5.69 Å². The van der Waals surface area contributed by atoms with Gasteiger partial charge in [0.15, 0.2) is 5.82 Å². The van der Waals surface area contributed by atoms with Crippen LogP contribution in [0, 0.1) is 6.92 Å². The van der Waals surface area contributed by atoms with Crippen molar-refractivity contribution in [2.24, 2.45) is 0 Å². The van der Waals surface area contributed by atoms with Crippen LogP contribution in [0.15, 0.2) is 24.3 Å². The van der Waals surface area contributed by atoms with Gasteiger partial charge in [0.1, 0.15) is 0 Å². The van der Waals surface area contributed by atoms with Crippen molar-refractivity contribution in [2.45, 2.75) is 6.92 Å². The first-order chi connectivity index (χ1) is 6.25. The molecule has 2 N–H and O–H groups in total. The molecule has 13 heavy (non-hydrogen) atoms. The van der Waals surface area contributed by atoms with Crippen LogP contribution in [0.25, 0.3) is 5.69 Å². The molecule has 1 aromatic carbocycles. The highest BCUT2D eigenvalue weighted by Crippen LogP contribution is 2.08. The highest BCUT2D eigenvalue weighted by atomic mass is 15.6. The fourth-order valence-electron chi connectivity index (χ4n) is 1.04. The summed E-state index contributed by atoms with van der Waals surface area (Å²) in [6.45, 7) is 1.79. The van der Waals surface area contributed by atoms with Gasteiger partial charge in [0.05, 0.1) is 5.69 Å². The summed E-state index contributed by atoms with van der Waals surface area (Å²) in [5, 5.41) is 11.7. The summed E-state index contributed by atoms with van der Waals surface area (Å²) in [6.07, 6.45) is 0. The van der Waals surface area contributed by atoms with Crippen LogP contribution >= 0.6 is 0 Å². The number of hydrogen-bond acceptors (Lipinski definition) is 4. The molecule has 1 heterocycles. The number of hydrogen-bond donors (Lipinski definition) is 1. The molecule has 2 aromatic rings. The van der Waals surface area contributed by atoms with Gasteiger partial charge in [-0.2, -0.15) is 0 Å². The number of tetrazole rings is 1. The van der Waals surface area contributed by atoms with Gasteiger partial charge in [-0.05, 0) is 30.3 Å². The third-order valence-corrected chi connectivity index (χ3v) is 1.61. The smallest absolute Gasteiger partial charge is 0.172 e. The van der Waals surface area contributed by atoms with Crippen LogP contribution in [0.5, 0.6) is 0 Å². The summed E-state index contributed by atoms with van der Waals surface area (Å²) in [6, 6.07) is 7.33. The van der Waals surface area contributed by atoms with Crippen molar-refractivity contribution in [3.63, 3.8) is 0 Å². The molecule has 0 atom stereocenters. The summed E-state index contributed by atoms with van der Waals surface area (Å²) < 4.78 is 0. The lowest BCUT2D eigenvalue weighted by Crippen LogP contribution is -1.99. The summed E-state index contributed by atoms with van der Waals surface area (Å²) in [5.74, 6) is 0.641. The fourth-order valence-corrected chi connectivity index (χ4v) is 1.04. The number of nitrogen functional groups attached to an aromatic ring is 1. The molecule has 0 bridgehead atoms. The molecule has 0 saturated heterocycles. The first-order valence-electron chi connectivity index (χ1n) is 3.88. The Morgan fingerprint density at radius 2 is 2.23 bits per heavy atom. The summed E-state index contributed by atoms with van der Waals surface area (Å²) in [7, 11) is 0. The number of aromatic nitrogens is 4. The van der Waals surface area contributed by atoms with Crippen molar-refractivity contribution in [1.82, 2.24) is 20.2 Å². The molecule has 66 valence electrons. The Labute approximate surface area is 75.2 Å². The van der Waals surface area contributed by atoms with E-state index in [0.29, 0.717) is 11.5 Å². The van der Waals surface area contributed by atoms with Gasteiger partial charge in [-0.1, -0.05) is 6.07 Å². The second kappa shape index (κ2) is 2.85. The lowest BCUT2D eigenvalue weighted by molar-refractivity contribution is 0.719. The molecule has 0 spiro atoms. The SMILES string of the molecule is Cc1nnn(-c2cccc(N)c2)n1. The Morgan fingerprint density at radius 1 is 1.38 bits per heavy atom. The third kappa shape index (κ3) is 1.48. The zero-order valence-electron chi connectivity index (χ0n) is 7.18.